The summed E-state index contributed by atoms with van der Waals surface area (Å²) in [5.41, 5.74) is 3.72. The number of rotatable bonds is 3. The predicted octanol–water partition coefficient (Wildman–Crippen LogP) is 2.87. The van der Waals surface area contributed by atoms with Crippen molar-refractivity contribution in [3.8, 4) is 0 Å². The van der Waals surface area contributed by atoms with E-state index in [2.05, 4.69) is 33.5 Å². The van der Waals surface area contributed by atoms with E-state index < -0.39 is 0 Å². The molecule has 0 unspecified atom stereocenters. The first-order valence-corrected chi connectivity index (χ1v) is 9.15. The molecule has 26 heavy (non-hydrogen) atoms. The van der Waals surface area contributed by atoms with Gasteiger partial charge >= 0.3 is 0 Å². The number of aryl methyl sites for hydroxylation is 1. The van der Waals surface area contributed by atoms with Gasteiger partial charge in [0.25, 0.3) is 5.91 Å². The lowest BCUT2D eigenvalue weighted by atomic mass is 10.1. The minimum atomic E-state index is -0.209. The van der Waals surface area contributed by atoms with Crippen molar-refractivity contribution in [2.75, 3.05) is 43.4 Å². The van der Waals surface area contributed by atoms with Crippen LogP contribution < -0.4 is 15.5 Å². The maximum absolute atomic E-state index is 12.3. The zero-order valence-corrected chi connectivity index (χ0v) is 16.0. The average molecular weight is 369 g/mol. The molecule has 6 heteroatoms. The van der Waals surface area contributed by atoms with Crippen LogP contribution in [0.1, 0.15) is 15.9 Å². The van der Waals surface area contributed by atoms with Crippen molar-refractivity contribution in [1.82, 2.24) is 10.2 Å². The van der Waals surface area contributed by atoms with Crippen LogP contribution in [0.25, 0.3) is 0 Å². The van der Waals surface area contributed by atoms with E-state index in [-0.39, 0.29) is 5.91 Å². The van der Waals surface area contributed by atoms with Gasteiger partial charge in [-0.1, -0.05) is 29.8 Å². The molecule has 0 aliphatic carbocycles. The second kappa shape index (κ2) is 8.29. The fourth-order valence-corrected chi connectivity index (χ4v) is 3.14. The quantitative estimate of drug-likeness (QED) is 0.816. The number of anilines is 2. The SMILES string of the molecule is Cc1ccc(C(=O)NC(=S)Nc2ccccc2N2CCN(C)CC2)cc1. The second-order valence-electron chi connectivity index (χ2n) is 6.58. The summed E-state index contributed by atoms with van der Waals surface area (Å²) in [6.45, 7) is 5.99. The molecular weight excluding hydrogens is 344 g/mol. The summed E-state index contributed by atoms with van der Waals surface area (Å²) in [5, 5.41) is 6.23. The Morgan fingerprint density at radius 1 is 1.00 bits per heavy atom. The van der Waals surface area contributed by atoms with Gasteiger partial charge in [0.05, 0.1) is 11.4 Å². The highest BCUT2D eigenvalue weighted by atomic mass is 32.1. The van der Waals surface area contributed by atoms with Gasteiger partial charge < -0.3 is 15.1 Å². The maximum Gasteiger partial charge on any atom is 0.257 e. The van der Waals surface area contributed by atoms with Gasteiger partial charge in [-0.2, -0.15) is 0 Å². The summed E-state index contributed by atoms with van der Waals surface area (Å²) in [4.78, 5) is 17.0. The Balaban J connectivity index is 1.66. The van der Waals surface area contributed by atoms with Gasteiger partial charge in [-0.3, -0.25) is 10.1 Å². The van der Waals surface area contributed by atoms with Crippen LogP contribution >= 0.6 is 12.2 Å². The fourth-order valence-electron chi connectivity index (χ4n) is 2.94. The highest BCUT2D eigenvalue weighted by molar-refractivity contribution is 7.80. The van der Waals surface area contributed by atoms with E-state index in [0.29, 0.717) is 10.7 Å². The molecule has 2 N–H and O–H groups in total. The van der Waals surface area contributed by atoms with Gasteiger partial charge in [0, 0.05) is 31.7 Å². The van der Waals surface area contributed by atoms with E-state index in [0.717, 1.165) is 43.1 Å². The number of hydrogen-bond donors (Lipinski definition) is 2. The van der Waals surface area contributed by atoms with Crippen LogP contribution in [0.15, 0.2) is 48.5 Å². The lowest BCUT2D eigenvalue weighted by molar-refractivity contribution is 0.0977. The van der Waals surface area contributed by atoms with Crippen molar-refractivity contribution in [1.29, 1.82) is 0 Å². The van der Waals surface area contributed by atoms with Gasteiger partial charge in [0.2, 0.25) is 0 Å². The Morgan fingerprint density at radius 2 is 1.65 bits per heavy atom. The van der Waals surface area contributed by atoms with Gasteiger partial charge in [0.1, 0.15) is 0 Å². The summed E-state index contributed by atoms with van der Waals surface area (Å²) in [7, 11) is 2.14. The normalized spacial score (nSPS) is 14.8. The highest BCUT2D eigenvalue weighted by Gasteiger charge is 2.17. The molecule has 0 aromatic heterocycles. The summed E-state index contributed by atoms with van der Waals surface area (Å²) in [6.07, 6.45) is 0. The number of thiocarbonyl (C=S) groups is 1. The molecule has 1 aliphatic rings. The number of hydrogen-bond acceptors (Lipinski definition) is 4. The predicted molar refractivity (Wildman–Crippen MR) is 111 cm³/mol. The maximum atomic E-state index is 12.3. The van der Waals surface area contributed by atoms with Crippen LogP contribution in [0.4, 0.5) is 11.4 Å². The smallest absolute Gasteiger partial charge is 0.257 e. The summed E-state index contributed by atoms with van der Waals surface area (Å²) in [5.74, 6) is -0.209. The molecule has 5 nitrogen and oxygen atoms in total. The Labute approximate surface area is 160 Å². The third-order valence-electron chi connectivity index (χ3n) is 4.54. The first kappa shape index (κ1) is 18.4. The molecule has 0 bridgehead atoms. The first-order valence-electron chi connectivity index (χ1n) is 8.74. The standard InChI is InChI=1S/C20H24N4OS/c1-15-7-9-16(10-8-15)19(25)22-20(26)21-17-5-3-4-6-18(17)24-13-11-23(2)12-14-24/h3-10H,11-14H2,1-2H3,(H2,21,22,25,26). The molecule has 1 heterocycles. The number of piperazine rings is 1. The second-order valence-corrected chi connectivity index (χ2v) is 6.99. The number of carbonyl (C=O) groups excluding carboxylic acids is 1. The number of para-hydroxylation sites is 2. The van der Waals surface area contributed by atoms with Crippen LogP contribution in [0.3, 0.4) is 0 Å². The molecule has 1 saturated heterocycles. The number of benzene rings is 2. The van der Waals surface area contributed by atoms with Crippen molar-refractivity contribution < 1.29 is 4.79 Å². The van der Waals surface area contributed by atoms with E-state index in [1.165, 1.54) is 0 Å². The summed E-state index contributed by atoms with van der Waals surface area (Å²) < 4.78 is 0. The van der Waals surface area contributed by atoms with Crippen molar-refractivity contribution in [2.45, 2.75) is 6.92 Å². The minimum absolute atomic E-state index is 0.209. The zero-order chi connectivity index (χ0) is 18.5. The van der Waals surface area contributed by atoms with E-state index in [4.69, 9.17) is 12.2 Å². The number of carbonyl (C=O) groups is 1. The monoisotopic (exact) mass is 368 g/mol. The van der Waals surface area contributed by atoms with Crippen LogP contribution in [0, 0.1) is 6.92 Å². The van der Waals surface area contributed by atoms with Crippen LogP contribution in [0.2, 0.25) is 0 Å². The Hall–Kier alpha value is -2.44. The van der Waals surface area contributed by atoms with Crippen LogP contribution in [-0.4, -0.2) is 49.1 Å². The molecule has 0 atom stereocenters. The minimum Gasteiger partial charge on any atom is -0.367 e. The lowest BCUT2D eigenvalue weighted by Crippen LogP contribution is -2.45. The fraction of sp³-hybridized carbons (Fsp3) is 0.300. The molecule has 2 aromatic carbocycles. The molecule has 0 radical (unpaired) electrons. The van der Waals surface area contributed by atoms with Gasteiger partial charge in [0.15, 0.2) is 5.11 Å². The van der Waals surface area contributed by atoms with Crippen LogP contribution in [0.5, 0.6) is 0 Å². The topological polar surface area (TPSA) is 47.6 Å². The van der Waals surface area contributed by atoms with Crippen molar-refractivity contribution >= 4 is 34.6 Å². The number of likely N-dealkylation sites (N-methyl/N-ethyl adjacent to an activating group) is 1. The largest absolute Gasteiger partial charge is 0.367 e. The molecule has 1 aliphatic heterocycles. The third kappa shape index (κ3) is 4.59. The number of nitrogens with one attached hydrogen (secondary N) is 2. The molecule has 136 valence electrons. The van der Waals surface area contributed by atoms with Crippen LogP contribution in [-0.2, 0) is 0 Å². The number of amides is 1. The van der Waals surface area contributed by atoms with E-state index in [1.54, 1.807) is 12.1 Å². The molecule has 1 amide bonds. The molecule has 1 fully saturated rings. The molecule has 3 rings (SSSR count). The molecule has 2 aromatic rings. The Bertz CT molecular complexity index is 783. The lowest BCUT2D eigenvalue weighted by Gasteiger charge is -2.35. The summed E-state index contributed by atoms with van der Waals surface area (Å²) in [6, 6.07) is 15.5. The zero-order valence-electron chi connectivity index (χ0n) is 15.2. The van der Waals surface area contributed by atoms with Crippen molar-refractivity contribution in [3.05, 3.63) is 59.7 Å². The Kier molecular flexibility index (Phi) is 5.85. The average Bonchev–Trinajstić information content (AvgIpc) is 2.63. The van der Waals surface area contributed by atoms with E-state index in [1.807, 2.05) is 37.3 Å². The third-order valence-corrected chi connectivity index (χ3v) is 4.74. The Morgan fingerprint density at radius 3 is 2.35 bits per heavy atom. The van der Waals surface area contributed by atoms with E-state index in [9.17, 15) is 4.79 Å². The van der Waals surface area contributed by atoms with Gasteiger partial charge in [-0.05, 0) is 50.5 Å². The molecular formula is C20H24N4OS. The molecule has 0 spiro atoms. The molecule has 0 saturated carbocycles. The van der Waals surface area contributed by atoms with Crippen molar-refractivity contribution in [3.63, 3.8) is 0 Å². The summed E-state index contributed by atoms with van der Waals surface area (Å²) >= 11 is 5.35. The first-order chi connectivity index (χ1) is 12.5. The highest BCUT2D eigenvalue weighted by Crippen LogP contribution is 2.26. The van der Waals surface area contributed by atoms with Gasteiger partial charge in [-0.15, -0.1) is 0 Å². The van der Waals surface area contributed by atoms with E-state index >= 15 is 0 Å². The number of nitrogens with zero attached hydrogens (tertiary/aromatic N) is 2. The van der Waals surface area contributed by atoms with Gasteiger partial charge in [-0.25, -0.2) is 0 Å². The van der Waals surface area contributed by atoms with Crippen molar-refractivity contribution in [2.24, 2.45) is 0 Å².